The van der Waals surface area contributed by atoms with Gasteiger partial charge in [0.1, 0.15) is 6.54 Å². The highest BCUT2D eigenvalue weighted by Gasteiger charge is 2.34. The molecule has 0 radical (unpaired) electrons. The number of aliphatic hydroxyl groups is 1. The molecule has 0 unspecified atom stereocenters. The van der Waals surface area contributed by atoms with E-state index in [-0.39, 0.29) is 24.3 Å². The van der Waals surface area contributed by atoms with Crippen LogP contribution in [0.15, 0.2) is 49.1 Å². The van der Waals surface area contributed by atoms with E-state index in [9.17, 15) is 23.1 Å². The van der Waals surface area contributed by atoms with Gasteiger partial charge < -0.3 is 15.0 Å². The molecule has 4 heterocycles. The van der Waals surface area contributed by atoms with Gasteiger partial charge >= 0.3 is 6.18 Å². The first kappa shape index (κ1) is 24.5. The molecule has 6 rings (SSSR count). The Morgan fingerprint density at radius 3 is 2.79 bits per heavy atom. The second kappa shape index (κ2) is 9.49. The third-order valence-corrected chi connectivity index (χ3v) is 6.43. The number of aliphatic hydroxyl groups excluding tert-OH is 1. The zero-order valence-electron chi connectivity index (χ0n) is 20.1. The molecule has 1 saturated carbocycles. The predicted octanol–water partition coefficient (Wildman–Crippen LogP) is 3.62. The van der Waals surface area contributed by atoms with Gasteiger partial charge in [0.25, 0.3) is 0 Å². The maximum Gasteiger partial charge on any atom is 0.406 e. The van der Waals surface area contributed by atoms with Crippen molar-refractivity contribution in [1.29, 1.82) is 0 Å². The van der Waals surface area contributed by atoms with E-state index in [1.165, 1.54) is 6.20 Å². The highest BCUT2D eigenvalue weighted by atomic mass is 19.4. The smallest absolute Gasteiger partial charge is 0.389 e. The molecule has 38 heavy (non-hydrogen) atoms. The van der Waals surface area contributed by atoms with Crippen LogP contribution in [-0.2, 0) is 17.9 Å². The van der Waals surface area contributed by atoms with Crippen LogP contribution in [0.1, 0.15) is 28.8 Å². The molecule has 4 aromatic rings. The van der Waals surface area contributed by atoms with Gasteiger partial charge in [-0.1, -0.05) is 0 Å². The van der Waals surface area contributed by atoms with Gasteiger partial charge in [-0.05, 0) is 31.0 Å². The molecule has 2 fully saturated rings. The van der Waals surface area contributed by atoms with Crippen LogP contribution in [0.25, 0.3) is 16.7 Å². The summed E-state index contributed by atoms with van der Waals surface area (Å²) in [5, 5.41) is 19.2. The van der Waals surface area contributed by atoms with Crippen molar-refractivity contribution in [1.82, 2.24) is 29.4 Å². The van der Waals surface area contributed by atoms with Crippen LogP contribution >= 0.6 is 0 Å². The van der Waals surface area contributed by atoms with Crippen LogP contribution in [0.5, 0.6) is 0 Å². The van der Waals surface area contributed by atoms with Crippen molar-refractivity contribution < 1.29 is 27.9 Å². The lowest BCUT2D eigenvalue weighted by Crippen LogP contribution is -2.20. The van der Waals surface area contributed by atoms with Crippen molar-refractivity contribution in [3.05, 3.63) is 60.2 Å². The zero-order valence-corrected chi connectivity index (χ0v) is 20.1. The molecule has 1 aliphatic carbocycles. The number of hydrogen-bond acceptors (Lipinski definition) is 8. The summed E-state index contributed by atoms with van der Waals surface area (Å²) in [7, 11) is 0. The molecule has 0 amide bonds. The van der Waals surface area contributed by atoms with Gasteiger partial charge in [-0.25, -0.2) is 9.67 Å². The number of benzene rings is 1. The average Bonchev–Trinajstić information content (AvgIpc) is 3.33. The summed E-state index contributed by atoms with van der Waals surface area (Å²) in [6.07, 6.45) is 2.94. The maximum atomic E-state index is 13.2. The van der Waals surface area contributed by atoms with Gasteiger partial charge in [0.15, 0.2) is 11.6 Å². The molecule has 13 heteroatoms. The fourth-order valence-corrected chi connectivity index (χ4v) is 4.54. The first-order valence-electron chi connectivity index (χ1n) is 12.2. The number of β-amino-alcohol motifs (C(OH)–C–C–N with tert-alkyl or cyclic N) is 1. The number of nitrogens with one attached hydrogen (secondary N) is 1. The van der Waals surface area contributed by atoms with Crippen molar-refractivity contribution >= 4 is 28.3 Å². The van der Waals surface area contributed by atoms with E-state index in [0.29, 0.717) is 41.1 Å². The van der Waals surface area contributed by atoms with E-state index < -0.39 is 18.8 Å². The maximum absolute atomic E-state index is 13.2. The Morgan fingerprint density at radius 1 is 1.21 bits per heavy atom. The molecule has 10 nitrogen and oxygen atoms in total. The number of anilines is 2. The van der Waals surface area contributed by atoms with Crippen LogP contribution < -0.4 is 5.32 Å². The highest BCUT2D eigenvalue weighted by Crippen LogP contribution is 2.37. The highest BCUT2D eigenvalue weighted by molar-refractivity contribution is 6.10. The number of ketones is 1. The second-order valence-corrected chi connectivity index (χ2v) is 9.58. The minimum absolute atomic E-state index is 0.127. The van der Waals surface area contributed by atoms with E-state index >= 15 is 0 Å². The number of rotatable bonds is 8. The Kier molecular flexibility index (Phi) is 6.13. The molecular formula is C25H24F3N7O3. The third-order valence-electron chi connectivity index (χ3n) is 6.43. The number of Topliss-reactive ketones (excluding diaryl/α,β-unsaturated/α-hetero) is 1. The molecule has 1 atom stereocenters. The van der Waals surface area contributed by atoms with Gasteiger partial charge in [0, 0.05) is 58.3 Å². The van der Waals surface area contributed by atoms with Gasteiger partial charge in [-0.2, -0.15) is 28.3 Å². The van der Waals surface area contributed by atoms with E-state index in [0.717, 1.165) is 23.0 Å². The Bertz CT molecular complexity index is 1500. The topological polar surface area (TPSA) is 110 Å². The Balaban J connectivity index is 1.24. The molecule has 198 valence electrons. The second-order valence-electron chi connectivity index (χ2n) is 9.58. The summed E-state index contributed by atoms with van der Waals surface area (Å²) >= 11 is 0. The molecule has 0 bridgehead atoms. The first-order valence-corrected chi connectivity index (χ1v) is 12.2. The van der Waals surface area contributed by atoms with Crippen LogP contribution in [-0.4, -0.2) is 65.7 Å². The van der Waals surface area contributed by atoms with Gasteiger partial charge in [0.2, 0.25) is 5.95 Å². The van der Waals surface area contributed by atoms with Crippen molar-refractivity contribution in [2.45, 2.75) is 38.2 Å². The summed E-state index contributed by atoms with van der Waals surface area (Å²) in [4.78, 5) is 27.0. The van der Waals surface area contributed by atoms with Gasteiger partial charge in [-0.3, -0.25) is 9.63 Å². The third kappa shape index (κ3) is 5.26. The monoisotopic (exact) mass is 527 g/mol. The van der Waals surface area contributed by atoms with E-state index in [4.69, 9.17) is 4.84 Å². The lowest BCUT2D eigenvalue weighted by Gasteiger charge is -2.11. The summed E-state index contributed by atoms with van der Waals surface area (Å²) in [5.41, 5.74) is 2.04. The summed E-state index contributed by atoms with van der Waals surface area (Å²) in [5.74, 6) is 0.500. The van der Waals surface area contributed by atoms with E-state index in [1.807, 2.05) is 0 Å². The minimum atomic E-state index is -4.41. The lowest BCUT2D eigenvalue weighted by molar-refractivity contribution is -0.139. The summed E-state index contributed by atoms with van der Waals surface area (Å²) in [6.45, 7) is -0.0202. The van der Waals surface area contributed by atoms with Crippen molar-refractivity contribution in [2.24, 2.45) is 5.92 Å². The van der Waals surface area contributed by atoms with E-state index in [1.54, 1.807) is 52.6 Å². The van der Waals surface area contributed by atoms with E-state index in [2.05, 4.69) is 20.4 Å². The number of aromatic nitrogens is 5. The summed E-state index contributed by atoms with van der Waals surface area (Å²) < 4.78 is 42.1. The minimum Gasteiger partial charge on any atom is -0.389 e. The largest absolute Gasteiger partial charge is 0.406 e. The molecule has 1 saturated heterocycles. The molecule has 2 aliphatic rings. The first-order chi connectivity index (χ1) is 18.2. The van der Waals surface area contributed by atoms with Gasteiger partial charge in [-0.15, -0.1) is 0 Å². The molecule has 1 aromatic carbocycles. The molecule has 0 spiro atoms. The van der Waals surface area contributed by atoms with Crippen LogP contribution in [0, 0.1) is 5.92 Å². The predicted molar refractivity (Wildman–Crippen MR) is 130 cm³/mol. The number of fused-ring (bicyclic) bond motifs is 1. The lowest BCUT2D eigenvalue weighted by atomic mass is 10.1. The average molecular weight is 528 g/mol. The molecular weight excluding hydrogens is 503 g/mol. The molecule has 3 aromatic heterocycles. The number of hydroxylamine groups is 2. The quantitative estimate of drug-likeness (QED) is 0.335. The van der Waals surface area contributed by atoms with Crippen molar-refractivity contribution in [2.75, 3.05) is 18.5 Å². The number of nitrogens with zero attached hydrogens (tertiary/aromatic N) is 6. The molecule has 2 N–H and O–H groups in total. The van der Waals surface area contributed by atoms with Crippen LogP contribution in [0.2, 0.25) is 0 Å². The summed E-state index contributed by atoms with van der Waals surface area (Å²) in [6, 6.07) is 6.54. The van der Waals surface area contributed by atoms with Crippen molar-refractivity contribution in [3.63, 3.8) is 0 Å². The fraction of sp³-hybridized carbons (Fsp3) is 0.360. The van der Waals surface area contributed by atoms with Gasteiger partial charge in [0.05, 0.1) is 32.0 Å². The number of carbonyl (C=O) groups is 1. The van der Waals surface area contributed by atoms with Crippen molar-refractivity contribution in [3.8, 4) is 5.82 Å². The SMILES string of the molecule is O=C(c1cn(CC(F)(F)F)c2ccc(Nc3nccc(-n4cc(CN5C[C@H](O)CO5)cn4)n3)cc12)C1CC1. The Morgan fingerprint density at radius 2 is 2.05 bits per heavy atom. The number of carbonyl (C=O) groups excluding carboxylic acids is 1. The number of hydrogen-bond donors (Lipinski definition) is 2. The zero-order chi connectivity index (χ0) is 26.4. The van der Waals surface area contributed by atoms with Crippen LogP contribution in [0.4, 0.5) is 24.8 Å². The Labute approximate surface area is 214 Å². The molecule has 1 aliphatic heterocycles. The van der Waals surface area contributed by atoms with Crippen LogP contribution in [0.3, 0.4) is 0 Å². The number of halogens is 3. The fourth-order valence-electron chi connectivity index (χ4n) is 4.54. The standard InChI is InChI=1S/C25H24F3N7O3/c26-25(27,28)14-33-12-20(23(37)16-1-2-16)19-7-17(3-4-21(19)33)31-24-29-6-5-22(32-24)35-10-15(8-30-35)9-34-11-18(36)13-38-34/h3-8,10,12,16,18,36H,1-2,9,11,13-14H2,(H,29,31,32)/t18-/m0/s1. The normalized spacial score (nSPS) is 18.4. The number of alkyl halides is 3. The Hall–Kier alpha value is -3.81.